The Hall–Kier alpha value is -2.15. The lowest BCUT2D eigenvalue weighted by atomic mass is 10.3. The van der Waals surface area contributed by atoms with E-state index in [4.69, 9.17) is 5.11 Å². The molecule has 21 heavy (non-hydrogen) atoms. The number of hydrogen-bond acceptors (Lipinski definition) is 4. The first kappa shape index (κ1) is 15.2. The van der Waals surface area contributed by atoms with Gasteiger partial charge in [0.25, 0.3) is 0 Å². The molecule has 0 radical (unpaired) electrons. The molecule has 7 heteroatoms. The number of hydrogen-bond donors (Lipinski definition) is 3. The van der Waals surface area contributed by atoms with Crippen LogP contribution in [0.15, 0.2) is 18.3 Å². The third kappa shape index (κ3) is 4.42. The van der Waals surface area contributed by atoms with Gasteiger partial charge < -0.3 is 15.7 Å². The molecule has 1 aromatic heterocycles. The van der Waals surface area contributed by atoms with Gasteiger partial charge in [0.2, 0.25) is 0 Å². The van der Waals surface area contributed by atoms with Crippen LogP contribution >= 0.6 is 0 Å². The summed E-state index contributed by atoms with van der Waals surface area (Å²) in [5, 5.41) is 14.2. The Labute approximate surface area is 123 Å². The van der Waals surface area contributed by atoms with Crippen molar-refractivity contribution in [2.45, 2.75) is 25.8 Å². The normalized spacial score (nSPS) is 14.0. The number of amides is 2. The zero-order valence-corrected chi connectivity index (χ0v) is 12.0. The van der Waals surface area contributed by atoms with E-state index in [1.807, 2.05) is 0 Å². The van der Waals surface area contributed by atoms with E-state index >= 15 is 0 Å². The van der Waals surface area contributed by atoms with Crippen LogP contribution in [0.5, 0.6) is 0 Å². The number of pyridine rings is 1. The highest BCUT2D eigenvalue weighted by molar-refractivity contribution is 5.98. The molecular weight excluding hydrogens is 272 g/mol. The van der Waals surface area contributed by atoms with Crippen molar-refractivity contribution in [2.24, 2.45) is 0 Å². The Morgan fingerprint density at radius 3 is 2.86 bits per heavy atom. The van der Waals surface area contributed by atoms with Gasteiger partial charge in [-0.1, -0.05) is 6.92 Å². The molecular formula is C14H20N4O3. The lowest BCUT2D eigenvalue weighted by Gasteiger charge is -2.19. The molecule has 1 aliphatic carbocycles. The molecule has 1 aromatic rings. The Morgan fingerprint density at radius 1 is 1.48 bits per heavy atom. The third-order valence-electron chi connectivity index (χ3n) is 3.41. The molecule has 1 heterocycles. The van der Waals surface area contributed by atoms with Crippen molar-refractivity contribution in [3.8, 4) is 0 Å². The van der Waals surface area contributed by atoms with Crippen LogP contribution < -0.4 is 10.6 Å². The lowest BCUT2D eigenvalue weighted by Crippen LogP contribution is -2.38. The number of anilines is 1. The van der Waals surface area contributed by atoms with Crippen molar-refractivity contribution in [1.29, 1.82) is 0 Å². The number of urea groups is 1. The molecule has 1 fully saturated rings. The van der Waals surface area contributed by atoms with Crippen LogP contribution in [-0.2, 0) is 0 Å². The molecule has 0 unspecified atom stereocenters. The molecule has 2 rings (SSSR count). The van der Waals surface area contributed by atoms with Crippen LogP contribution in [0.4, 0.5) is 10.5 Å². The monoisotopic (exact) mass is 292 g/mol. The summed E-state index contributed by atoms with van der Waals surface area (Å²) in [4.78, 5) is 28.8. The number of aromatic carboxylic acids is 1. The van der Waals surface area contributed by atoms with Crippen molar-refractivity contribution in [2.75, 3.05) is 25.0 Å². The van der Waals surface area contributed by atoms with Crippen LogP contribution in [0.2, 0.25) is 0 Å². The van der Waals surface area contributed by atoms with E-state index in [1.165, 1.54) is 25.1 Å². The highest BCUT2D eigenvalue weighted by Gasteiger charge is 2.27. The molecule has 0 atom stereocenters. The summed E-state index contributed by atoms with van der Waals surface area (Å²) < 4.78 is 0. The van der Waals surface area contributed by atoms with E-state index in [0.29, 0.717) is 12.6 Å². The average Bonchev–Trinajstić information content (AvgIpc) is 3.28. The average molecular weight is 292 g/mol. The van der Waals surface area contributed by atoms with E-state index in [9.17, 15) is 9.59 Å². The summed E-state index contributed by atoms with van der Waals surface area (Å²) in [5.74, 6) is -1.17. The van der Waals surface area contributed by atoms with Crippen molar-refractivity contribution in [3.63, 3.8) is 0 Å². The second-order valence-corrected chi connectivity index (χ2v) is 4.95. The Bertz CT molecular complexity index is 517. The van der Waals surface area contributed by atoms with Gasteiger partial charge >= 0.3 is 12.0 Å². The predicted octanol–water partition coefficient (Wildman–Crippen LogP) is 1.39. The Kier molecular flexibility index (Phi) is 5.10. The van der Waals surface area contributed by atoms with Crippen LogP contribution in [0.25, 0.3) is 0 Å². The molecule has 0 aromatic carbocycles. The van der Waals surface area contributed by atoms with Gasteiger partial charge in [0.05, 0.1) is 5.69 Å². The molecule has 1 saturated carbocycles. The number of carboxylic acids is 1. The number of likely N-dealkylation sites (N-methyl/N-ethyl adjacent to an activating group) is 1. The number of nitrogens with zero attached hydrogens (tertiary/aromatic N) is 2. The molecule has 7 nitrogen and oxygen atoms in total. The summed E-state index contributed by atoms with van der Waals surface area (Å²) in [6.45, 7) is 4.40. The number of carboxylic acid groups (broad SMARTS) is 1. The maximum atomic E-state index is 11.8. The van der Waals surface area contributed by atoms with Crippen molar-refractivity contribution >= 4 is 17.7 Å². The predicted molar refractivity (Wildman–Crippen MR) is 78.5 cm³/mol. The van der Waals surface area contributed by atoms with Crippen LogP contribution in [0.3, 0.4) is 0 Å². The van der Waals surface area contributed by atoms with E-state index in [-0.39, 0.29) is 11.4 Å². The zero-order valence-electron chi connectivity index (χ0n) is 12.0. The molecule has 3 N–H and O–H groups in total. The van der Waals surface area contributed by atoms with Gasteiger partial charge in [0.1, 0.15) is 0 Å². The van der Waals surface area contributed by atoms with E-state index < -0.39 is 12.0 Å². The summed E-state index contributed by atoms with van der Waals surface area (Å²) in [6.07, 6.45) is 3.84. The smallest absolute Gasteiger partial charge is 0.356 e. The van der Waals surface area contributed by atoms with E-state index in [0.717, 1.165) is 13.1 Å². The molecule has 0 saturated heterocycles. The highest BCUT2D eigenvalue weighted by Crippen LogP contribution is 2.25. The Balaban J connectivity index is 1.80. The first-order chi connectivity index (χ1) is 10.1. The number of carbonyl (C=O) groups is 2. The van der Waals surface area contributed by atoms with Crippen molar-refractivity contribution in [1.82, 2.24) is 15.2 Å². The fourth-order valence-electron chi connectivity index (χ4n) is 2.19. The summed E-state index contributed by atoms with van der Waals surface area (Å²) in [5.41, 5.74) is 0.0258. The van der Waals surface area contributed by atoms with Crippen LogP contribution in [0.1, 0.15) is 30.3 Å². The standard InChI is InChI=1S/C14H20N4O3/c1-2-18(10-5-6-10)9-8-16-14(21)17-11-4-3-7-15-12(11)13(19)20/h3-4,7,10H,2,5-6,8-9H2,1H3,(H,19,20)(H2,16,17,21). The fraction of sp³-hybridized carbons (Fsp3) is 0.500. The first-order valence-corrected chi connectivity index (χ1v) is 7.09. The van der Waals surface area contributed by atoms with Gasteiger partial charge in [0, 0.05) is 25.3 Å². The van der Waals surface area contributed by atoms with Gasteiger partial charge in [0.15, 0.2) is 5.69 Å². The minimum absolute atomic E-state index is 0.166. The third-order valence-corrected chi connectivity index (χ3v) is 3.41. The van der Waals surface area contributed by atoms with Gasteiger partial charge in [-0.15, -0.1) is 0 Å². The summed E-state index contributed by atoms with van der Waals surface area (Å²) in [6, 6.07) is 3.33. The highest BCUT2D eigenvalue weighted by atomic mass is 16.4. The minimum Gasteiger partial charge on any atom is -0.476 e. The lowest BCUT2D eigenvalue weighted by molar-refractivity contribution is 0.0691. The number of aromatic nitrogens is 1. The van der Waals surface area contributed by atoms with Crippen LogP contribution in [0, 0.1) is 0 Å². The van der Waals surface area contributed by atoms with E-state index in [1.54, 1.807) is 6.07 Å². The van der Waals surface area contributed by atoms with Gasteiger partial charge in [-0.05, 0) is 31.5 Å². The molecule has 1 aliphatic rings. The molecule has 114 valence electrons. The second-order valence-electron chi connectivity index (χ2n) is 4.95. The topological polar surface area (TPSA) is 94.6 Å². The Morgan fingerprint density at radius 2 is 2.24 bits per heavy atom. The maximum absolute atomic E-state index is 11.8. The summed E-state index contributed by atoms with van der Waals surface area (Å²) in [7, 11) is 0. The zero-order chi connectivity index (χ0) is 15.2. The molecule has 0 bridgehead atoms. The summed E-state index contributed by atoms with van der Waals surface area (Å²) >= 11 is 0. The molecule has 2 amide bonds. The number of nitrogens with one attached hydrogen (secondary N) is 2. The largest absolute Gasteiger partial charge is 0.476 e. The number of rotatable bonds is 7. The van der Waals surface area contributed by atoms with Gasteiger partial charge in [-0.25, -0.2) is 14.6 Å². The van der Waals surface area contributed by atoms with Gasteiger partial charge in [-0.3, -0.25) is 4.90 Å². The fourth-order valence-corrected chi connectivity index (χ4v) is 2.19. The first-order valence-electron chi connectivity index (χ1n) is 7.09. The van der Waals surface area contributed by atoms with E-state index in [2.05, 4.69) is 27.4 Å². The number of carbonyl (C=O) groups excluding carboxylic acids is 1. The van der Waals surface area contributed by atoms with Crippen LogP contribution in [-0.4, -0.2) is 52.7 Å². The molecule has 0 aliphatic heterocycles. The minimum atomic E-state index is -1.17. The SMILES string of the molecule is CCN(CCNC(=O)Nc1cccnc1C(=O)O)C1CC1. The molecule has 0 spiro atoms. The second kappa shape index (κ2) is 7.03. The van der Waals surface area contributed by atoms with Gasteiger partial charge in [-0.2, -0.15) is 0 Å². The quantitative estimate of drug-likeness (QED) is 0.706. The van der Waals surface area contributed by atoms with Crippen molar-refractivity contribution in [3.05, 3.63) is 24.0 Å². The van der Waals surface area contributed by atoms with Crippen molar-refractivity contribution < 1.29 is 14.7 Å². The maximum Gasteiger partial charge on any atom is 0.356 e.